The second-order valence-electron chi connectivity index (χ2n) is 8.81. The Labute approximate surface area is 186 Å². The molecule has 0 spiro atoms. The number of β-amino-alcohol motifs (C(OH)–C–C–N with tert-alkyl or cyclic N) is 1. The number of aliphatic hydroxyl groups is 1. The highest BCUT2D eigenvalue weighted by Crippen LogP contribution is 2.29. The second-order valence-corrected chi connectivity index (χ2v) is 10.0. The van der Waals surface area contributed by atoms with E-state index in [1.165, 1.54) is 31.5 Å². The van der Waals surface area contributed by atoms with Crippen molar-refractivity contribution in [3.8, 4) is 11.5 Å². The highest BCUT2D eigenvalue weighted by molar-refractivity contribution is 7.99. The van der Waals surface area contributed by atoms with Gasteiger partial charge in [0, 0.05) is 44.2 Å². The van der Waals surface area contributed by atoms with E-state index in [0.29, 0.717) is 12.3 Å². The molecule has 1 aromatic carbocycles. The second kappa shape index (κ2) is 12.2. The van der Waals surface area contributed by atoms with Gasteiger partial charge in [-0.1, -0.05) is 6.07 Å². The normalized spacial score (nSPS) is 20.4. The molecule has 0 radical (unpaired) electrons. The molecule has 2 heterocycles. The summed E-state index contributed by atoms with van der Waals surface area (Å²) in [6.45, 7) is 7.50. The van der Waals surface area contributed by atoms with E-state index in [1.54, 1.807) is 7.11 Å². The van der Waals surface area contributed by atoms with Gasteiger partial charge in [0.2, 0.25) is 0 Å². The van der Waals surface area contributed by atoms with E-state index in [9.17, 15) is 5.11 Å². The maximum atomic E-state index is 10.3. The van der Waals surface area contributed by atoms with E-state index < -0.39 is 6.10 Å². The highest BCUT2D eigenvalue weighted by Gasteiger charge is 2.19. The molecule has 1 unspecified atom stereocenters. The van der Waals surface area contributed by atoms with Crippen molar-refractivity contribution in [2.75, 3.05) is 78.6 Å². The summed E-state index contributed by atoms with van der Waals surface area (Å²) in [5.41, 5.74) is 1.22. The minimum absolute atomic E-state index is 0.287. The molecular weight excluding hydrogens is 398 g/mol. The van der Waals surface area contributed by atoms with Crippen molar-refractivity contribution in [3.63, 3.8) is 0 Å². The zero-order valence-electron chi connectivity index (χ0n) is 18.9. The number of benzene rings is 1. The van der Waals surface area contributed by atoms with Crippen LogP contribution in [0, 0.1) is 5.92 Å². The lowest BCUT2D eigenvalue weighted by Gasteiger charge is -2.31. The number of nitrogens with zero attached hydrogens (tertiary/aromatic N) is 3. The first kappa shape index (κ1) is 23.7. The van der Waals surface area contributed by atoms with Gasteiger partial charge in [-0.25, -0.2) is 0 Å². The first-order chi connectivity index (χ1) is 14.5. The molecule has 0 amide bonds. The zero-order valence-corrected chi connectivity index (χ0v) is 19.7. The Morgan fingerprint density at radius 1 is 1.17 bits per heavy atom. The lowest BCUT2D eigenvalue weighted by molar-refractivity contribution is 0.0704. The third-order valence-electron chi connectivity index (χ3n) is 6.09. The van der Waals surface area contributed by atoms with Crippen molar-refractivity contribution in [1.29, 1.82) is 0 Å². The maximum absolute atomic E-state index is 10.3. The predicted molar refractivity (Wildman–Crippen MR) is 125 cm³/mol. The van der Waals surface area contributed by atoms with Crippen LogP contribution in [-0.4, -0.2) is 104 Å². The van der Waals surface area contributed by atoms with Crippen molar-refractivity contribution in [2.45, 2.75) is 25.5 Å². The van der Waals surface area contributed by atoms with Gasteiger partial charge < -0.3 is 24.4 Å². The Hall–Kier alpha value is -0.990. The number of likely N-dealkylation sites (tertiary alicyclic amines) is 1. The average Bonchev–Trinajstić information content (AvgIpc) is 2.75. The van der Waals surface area contributed by atoms with Crippen LogP contribution in [0.2, 0.25) is 0 Å². The van der Waals surface area contributed by atoms with E-state index in [-0.39, 0.29) is 6.61 Å². The summed E-state index contributed by atoms with van der Waals surface area (Å²) in [5.74, 6) is 4.52. The molecule has 1 aromatic rings. The SMILES string of the molecule is COc1cc(CN(C)CC2CCN(C)CC2)ccc1OCC(O)CN1CCSCC1. The van der Waals surface area contributed by atoms with Crippen LogP contribution in [0.4, 0.5) is 0 Å². The van der Waals surface area contributed by atoms with Crippen molar-refractivity contribution < 1.29 is 14.6 Å². The summed E-state index contributed by atoms with van der Waals surface area (Å²) in [6, 6.07) is 6.15. The molecule has 30 heavy (non-hydrogen) atoms. The Morgan fingerprint density at radius 3 is 2.60 bits per heavy atom. The minimum Gasteiger partial charge on any atom is -0.493 e. The van der Waals surface area contributed by atoms with Crippen LogP contribution in [0.1, 0.15) is 18.4 Å². The van der Waals surface area contributed by atoms with Gasteiger partial charge in [-0.2, -0.15) is 11.8 Å². The fourth-order valence-electron chi connectivity index (χ4n) is 4.31. The molecule has 7 heteroatoms. The number of hydrogen-bond donors (Lipinski definition) is 1. The molecule has 1 atom stereocenters. The first-order valence-corrected chi connectivity index (χ1v) is 12.3. The summed E-state index contributed by atoms with van der Waals surface area (Å²) in [5, 5.41) is 10.3. The molecule has 6 nitrogen and oxygen atoms in total. The van der Waals surface area contributed by atoms with E-state index in [2.05, 4.69) is 40.9 Å². The summed E-state index contributed by atoms with van der Waals surface area (Å²) in [6.07, 6.45) is 2.09. The number of aliphatic hydroxyl groups excluding tert-OH is 1. The molecular formula is C23H39N3O3S. The lowest BCUT2D eigenvalue weighted by atomic mass is 9.96. The number of rotatable bonds is 10. The first-order valence-electron chi connectivity index (χ1n) is 11.2. The summed E-state index contributed by atoms with van der Waals surface area (Å²) >= 11 is 1.98. The number of piperidine rings is 1. The summed E-state index contributed by atoms with van der Waals surface area (Å²) < 4.78 is 11.5. The molecule has 0 aromatic heterocycles. The lowest BCUT2D eigenvalue weighted by Crippen LogP contribution is -2.40. The Morgan fingerprint density at radius 2 is 1.90 bits per heavy atom. The van der Waals surface area contributed by atoms with E-state index >= 15 is 0 Å². The smallest absolute Gasteiger partial charge is 0.161 e. The molecule has 2 fully saturated rings. The molecule has 2 aliphatic heterocycles. The molecule has 0 bridgehead atoms. The summed E-state index contributed by atoms with van der Waals surface area (Å²) in [4.78, 5) is 7.14. The highest BCUT2D eigenvalue weighted by atomic mass is 32.2. The van der Waals surface area contributed by atoms with Crippen LogP contribution in [0.5, 0.6) is 11.5 Å². The summed E-state index contributed by atoms with van der Waals surface area (Å²) in [7, 11) is 6.09. The van der Waals surface area contributed by atoms with Gasteiger partial charge in [0.25, 0.3) is 0 Å². The van der Waals surface area contributed by atoms with Gasteiger partial charge in [-0.3, -0.25) is 4.90 Å². The largest absolute Gasteiger partial charge is 0.493 e. The molecule has 2 aliphatic rings. The molecule has 0 saturated carbocycles. The molecule has 2 saturated heterocycles. The Kier molecular flexibility index (Phi) is 9.59. The standard InChI is InChI=1S/C23H39N3O3S/c1-24-8-6-19(7-9-24)15-25(2)16-20-4-5-22(23(14-20)28-3)29-18-21(27)17-26-10-12-30-13-11-26/h4-5,14,19,21,27H,6-13,15-18H2,1-3H3. The number of hydrogen-bond acceptors (Lipinski definition) is 7. The van der Waals surface area contributed by atoms with Crippen LogP contribution in [0.25, 0.3) is 0 Å². The number of methoxy groups -OCH3 is 1. The molecule has 3 rings (SSSR count). The molecule has 170 valence electrons. The van der Waals surface area contributed by atoms with Crippen LogP contribution < -0.4 is 9.47 Å². The topological polar surface area (TPSA) is 48.4 Å². The van der Waals surface area contributed by atoms with E-state index in [0.717, 1.165) is 49.4 Å². The third-order valence-corrected chi connectivity index (χ3v) is 7.03. The van der Waals surface area contributed by atoms with Crippen LogP contribution in [0.15, 0.2) is 18.2 Å². The quantitative estimate of drug-likeness (QED) is 0.602. The maximum Gasteiger partial charge on any atom is 0.161 e. The fourth-order valence-corrected chi connectivity index (χ4v) is 5.29. The number of thioether (sulfide) groups is 1. The fraction of sp³-hybridized carbons (Fsp3) is 0.739. The van der Waals surface area contributed by atoms with Crippen molar-refractivity contribution >= 4 is 11.8 Å². The predicted octanol–water partition coefficient (Wildman–Crippen LogP) is 2.26. The van der Waals surface area contributed by atoms with E-state index in [1.807, 2.05) is 17.8 Å². The number of ether oxygens (including phenoxy) is 2. The monoisotopic (exact) mass is 437 g/mol. The Bertz CT molecular complexity index is 634. The van der Waals surface area contributed by atoms with Gasteiger partial charge in [-0.05, 0) is 63.6 Å². The molecule has 0 aliphatic carbocycles. The zero-order chi connectivity index (χ0) is 21.3. The Balaban J connectivity index is 1.46. The van der Waals surface area contributed by atoms with Crippen molar-refractivity contribution in [3.05, 3.63) is 23.8 Å². The van der Waals surface area contributed by atoms with Gasteiger partial charge in [0.15, 0.2) is 11.5 Å². The van der Waals surface area contributed by atoms with E-state index in [4.69, 9.17) is 9.47 Å². The van der Waals surface area contributed by atoms with Gasteiger partial charge in [0.05, 0.1) is 7.11 Å². The van der Waals surface area contributed by atoms with Crippen LogP contribution in [-0.2, 0) is 6.54 Å². The average molecular weight is 438 g/mol. The molecule has 1 N–H and O–H groups in total. The van der Waals surface area contributed by atoms with Gasteiger partial charge in [0.1, 0.15) is 12.7 Å². The van der Waals surface area contributed by atoms with Crippen LogP contribution in [0.3, 0.4) is 0 Å². The minimum atomic E-state index is -0.488. The van der Waals surface area contributed by atoms with Gasteiger partial charge >= 0.3 is 0 Å². The van der Waals surface area contributed by atoms with Crippen molar-refractivity contribution in [2.24, 2.45) is 5.92 Å². The third kappa shape index (κ3) is 7.61. The van der Waals surface area contributed by atoms with Crippen molar-refractivity contribution in [1.82, 2.24) is 14.7 Å². The van der Waals surface area contributed by atoms with Crippen LogP contribution >= 0.6 is 11.8 Å². The van der Waals surface area contributed by atoms with Gasteiger partial charge in [-0.15, -0.1) is 0 Å².